The number of nitrogens with zero attached hydrogens (tertiary/aromatic N) is 1. The van der Waals surface area contributed by atoms with E-state index in [4.69, 9.17) is 9.73 Å². The summed E-state index contributed by atoms with van der Waals surface area (Å²) >= 11 is 0. The monoisotopic (exact) mass is 509 g/mol. The number of aliphatic imine (C=N–C) groups is 1. The molecule has 0 aromatic carbocycles. The van der Waals surface area contributed by atoms with Gasteiger partial charge in [0, 0.05) is 38.8 Å². The number of ether oxygens (including phenoxy) is 1. The SMILES string of the molecule is CCNC(=NCC1(CCO)CCCCC1)NCC1CCCOC1C(C)(C)C.I. The number of aliphatic hydroxyl groups is 1. The molecule has 6 heteroatoms. The van der Waals surface area contributed by atoms with Gasteiger partial charge in [-0.15, -0.1) is 24.0 Å². The van der Waals surface area contributed by atoms with Crippen LogP contribution in [0, 0.1) is 16.7 Å². The summed E-state index contributed by atoms with van der Waals surface area (Å²) in [6.45, 7) is 12.7. The summed E-state index contributed by atoms with van der Waals surface area (Å²) in [5, 5.41) is 16.5. The highest BCUT2D eigenvalue weighted by Crippen LogP contribution is 2.39. The van der Waals surface area contributed by atoms with Gasteiger partial charge in [0.2, 0.25) is 0 Å². The molecule has 1 saturated carbocycles. The number of hydrogen-bond donors (Lipinski definition) is 3. The van der Waals surface area contributed by atoms with E-state index in [-0.39, 0.29) is 41.4 Å². The highest BCUT2D eigenvalue weighted by Gasteiger charge is 2.35. The van der Waals surface area contributed by atoms with E-state index < -0.39 is 0 Å². The van der Waals surface area contributed by atoms with E-state index in [0.717, 1.165) is 45.0 Å². The van der Waals surface area contributed by atoms with Gasteiger partial charge in [0.05, 0.1) is 6.10 Å². The van der Waals surface area contributed by atoms with Crippen LogP contribution in [0.4, 0.5) is 0 Å². The zero-order valence-corrected chi connectivity index (χ0v) is 20.9. The van der Waals surface area contributed by atoms with Crippen molar-refractivity contribution < 1.29 is 9.84 Å². The van der Waals surface area contributed by atoms with Crippen molar-refractivity contribution in [3.8, 4) is 0 Å². The minimum atomic E-state index is 0. The van der Waals surface area contributed by atoms with Crippen molar-refractivity contribution in [3.63, 3.8) is 0 Å². The molecule has 2 fully saturated rings. The molecule has 2 unspecified atom stereocenters. The van der Waals surface area contributed by atoms with Gasteiger partial charge in [-0.25, -0.2) is 0 Å². The van der Waals surface area contributed by atoms with Crippen molar-refractivity contribution in [2.45, 2.75) is 85.2 Å². The second kappa shape index (κ2) is 12.6. The summed E-state index contributed by atoms with van der Waals surface area (Å²) in [7, 11) is 0. The lowest BCUT2D eigenvalue weighted by Crippen LogP contribution is -2.47. The molecule has 0 radical (unpaired) electrons. The summed E-state index contributed by atoms with van der Waals surface area (Å²) in [5.74, 6) is 1.43. The number of halogens is 1. The number of nitrogens with one attached hydrogen (secondary N) is 2. The van der Waals surface area contributed by atoms with Crippen molar-refractivity contribution in [1.29, 1.82) is 0 Å². The Morgan fingerprint density at radius 3 is 2.46 bits per heavy atom. The summed E-state index contributed by atoms with van der Waals surface area (Å²) in [4.78, 5) is 4.94. The molecule has 0 amide bonds. The molecule has 2 rings (SSSR count). The van der Waals surface area contributed by atoms with Crippen molar-refractivity contribution in [2.75, 3.05) is 32.8 Å². The Bertz CT molecular complexity index is 454. The molecule has 5 nitrogen and oxygen atoms in total. The summed E-state index contributed by atoms with van der Waals surface area (Å²) in [5.41, 5.74) is 0.354. The van der Waals surface area contributed by atoms with Crippen LogP contribution in [0.2, 0.25) is 0 Å². The van der Waals surface area contributed by atoms with Crippen LogP contribution < -0.4 is 10.6 Å². The molecule has 166 valence electrons. The van der Waals surface area contributed by atoms with Crippen molar-refractivity contribution in [3.05, 3.63) is 0 Å². The normalized spacial score (nSPS) is 25.7. The van der Waals surface area contributed by atoms with Gasteiger partial charge in [0.1, 0.15) is 0 Å². The first-order valence-corrected chi connectivity index (χ1v) is 11.1. The van der Waals surface area contributed by atoms with Gasteiger partial charge in [0.15, 0.2) is 5.96 Å². The standard InChI is InChI=1S/C22H43N3O2.HI/c1-5-23-20(25-17-22(13-14-26)11-7-6-8-12-22)24-16-18-10-9-15-27-19(18)21(2,3)4;/h18-19,26H,5-17H2,1-4H3,(H2,23,24,25);1H. The van der Waals surface area contributed by atoms with Crippen molar-refractivity contribution in [2.24, 2.45) is 21.7 Å². The fourth-order valence-corrected chi connectivity index (χ4v) is 4.85. The minimum absolute atomic E-state index is 0. The van der Waals surface area contributed by atoms with E-state index in [0.29, 0.717) is 12.0 Å². The lowest BCUT2D eigenvalue weighted by Gasteiger charge is -2.40. The average molecular weight is 510 g/mol. The Kier molecular flexibility index (Phi) is 11.7. The molecule has 0 spiro atoms. The highest BCUT2D eigenvalue weighted by molar-refractivity contribution is 14.0. The van der Waals surface area contributed by atoms with Gasteiger partial charge in [-0.2, -0.15) is 0 Å². The number of rotatable bonds is 7. The van der Waals surface area contributed by atoms with Crippen LogP contribution in [-0.2, 0) is 4.74 Å². The van der Waals surface area contributed by atoms with Crippen LogP contribution in [0.1, 0.15) is 79.1 Å². The first-order valence-electron chi connectivity index (χ1n) is 11.1. The Labute approximate surface area is 189 Å². The quantitative estimate of drug-likeness (QED) is 0.272. The molecule has 1 aliphatic carbocycles. The molecule has 2 atom stereocenters. The smallest absolute Gasteiger partial charge is 0.191 e. The average Bonchev–Trinajstić information content (AvgIpc) is 2.64. The molecule has 28 heavy (non-hydrogen) atoms. The second-order valence-electron chi connectivity index (χ2n) is 9.67. The maximum Gasteiger partial charge on any atom is 0.191 e. The van der Waals surface area contributed by atoms with Gasteiger partial charge in [-0.3, -0.25) is 4.99 Å². The molecule has 3 N–H and O–H groups in total. The third-order valence-corrected chi connectivity index (χ3v) is 6.30. The number of guanidine groups is 1. The number of aliphatic hydroxyl groups excluding tert-OH is 1. The first kappa shape index (κ1) is 26.0. The third-order valence-electron chi connectivity index (χ3n) is 6.30. The molecular formula is C22H44IN3O2. The van der Waals surface area contributed by atoms with E-state index in [1.807, 2.05) is 0 Å². The predicted octanol–water partition coefficient (Wildman–Crippen LogP) is 4.33. The maximum atomic E-state index is 9.54. The third kappa shape index (κ3) is 7.98. The highest BCUT2D eigenvalue weighted by atomic mass is 127. The topological polar surface area (TPSA) is 65.9 Å². The molecule has 2 aliphatic rings. The van der Waals surface area contributed by atoms with Gasteiger partial charge in [-0.1, -0.05) is 40.0 Å². The van der Waals surface area contributed by atoms with Crippen LogP contribution in [0.5, 0.6) is 0 Å². The zero-order valence-electron chi connectivity index (χ0n) is 18.6. The van der Waals surface area contributed by atoms with Crippen molar-refractivity contribution >= 4 is 29.9 Å². The van der Waals surface area contributed by atoms with Gasteiger partial charge >= 0.3 is 0 Å². The van der Waals surface area contributed by atoms with E-state index in [2.05, 4.69) is 38.3 Å². The Morgan fingerprint density at radius 2 is 1.86 bits per heavy atom. The molecule has 0 aromatic heterocycles. The second-order valence-corrected chi connectivity index (χ2v) is 9.67. The molecule has 1 aliphatic heterocycles. The first-order chi connectivity index (χ1) is 12.9. The van der Waals surface area contributed by atoms with Gasteiger partial charge in [-0.05, 0) is 49.9 Å². The fourth-order valence-electron chi connectivity index (χ4n) is 4.85. The van der Waals surface area contributed by atoms with Crippen molar-refractivity contribution in [1.82, 2.24) is 10.6 Å². The van der Waals surface area contributed by atoms with Crippen LogP contribution in [0.25, 0.3) is 0 Å². The largest absolute Gasteiger partial charge is 0.396 e. The molecule has 0 aromatic rings. The van der Waals surface area contributed by atoms with Gasteiger partial charge < -0.3 is 20.5 Å². The van der Waals surface area contributed by atoms with E-state index in [1.54, 1.807) is 0 Å². The minimum Gasteiger partial charge on any atom is -0.396 e. The van der Waals surface area contributed by atoms with Crippen LogP contribution in [-0.4, -0.2) is 50.0 Å². The lowest BCUT2D eigenvalue weighted by molar-refractivity contribution is -0.0835. The van der Waals surface area contributed by atoms with E-state index in [1.165, 1.54) is 38.5 Å². The molecule has 0 bridgehead atoms. The lowest BCUT2D eigenvalue weighted by atomic mass is 9.72. The summed E-state index contributed by atoms with van der Waals surface area (Å²) in [6.07, 6.45) is 9.77. The Hall–Kier alpha value is -0.0800. The fraction of sp³-hybridized carbons (Fsp3) is 0.955. The Balaban J connectivity index is 0.00000392. The molecular weight excluding hydrogens is 465 g/mol. The van der Waals surface area contributed by atoms with Gasteiger partial charge in [0.25, 0.3) is 0 Å². The Morgan fingerprint density at radius 1 is 1.14 bits per heavy atom. The zero-order chi connectivity index (χ0) is 19.8. The van der Waals surface area contributed by atoms with E-state index in [9.17, 15) is 5.11 Å². The predicted molar refractivity (Wildman–Crippen MR) is 129 cm³/mol. The molecule has 1 heterocycles. The summed E-state index contributed by atoms with van der Waals surface area (Å²) < 4.78 is 6.12. The summed E-state index contributed by atoms with van der Waals surface area (Å²) in [6, 6.07) is 0. The van der Waals surface area contributed by atoms with Crippen LogP contribution in [0.15, 0.2) is 4.99 Å². The molecule has 1 saturated heterocycles. The van der Waals surface area contributed by atoms with Crippen LogP contribution in [0.3, 0.4) is 0 Å². The number of hydrogen-bond acceptors (Lipinski definition) is 3. The van der Waals surface area contributed by atoms with Crippen LogP contribution >= 0.6 is 24.0 Å². The maximum absolute atomic E-state index is 9.54. The van der Waals surface area contributed by atoms with E-state index >= 15 is 0 Å².